The van der Waals surface area contributed by atoms with Crippen molar-refractivity contribution in [1.82, 2.24) is 10.6 Å². The van der Waals surface area contributed by atoms with Gasteiger partial charge in [-0.25, -0.2) is 0 Å². The summed E-state index contributed by atoms with van der Waals surface area (Å²) < 4.78 is 22.6. The Kier molecular flexibility index (Phi) is 5.46. The van der Waals surface area contributed by atoms with Crippen LogP contribution in [0.5, 0.6) is 11.5 Å². The molecule has 6 heteroatoms. The standard InChI is InChI=1S/C22H32N2O4/c1-2-17(19-13-26-11-8-23-19)18(3-1)24-14-22(6-9-25-10-7-22)16-4-5-20-21(12-16)28-15-27-20/h4-5,12,17-19,23-24H,1-3,6-11,13-15H2. The van der Waals surface area contributed by atoms with Crippen LogP contribution in [0.1, 0.15) is 37.7 Å². The smallest absolute Gasteiger partial charge is 0.231 e. The lowest BCUT2D eigenvalue weighted by Crippen LogP contribution is -2.53. The average molecular weight is 389 g/mol. The van der Waals surface area contributed by atoms with Crippen LogP contribution >= 0.6 is 0 Å². The number of fused-ring (bicyclic) bond motifs is 1. The summed E-state index contributed by atoms with van der Waals surface area (Å²) in [5, 5.41) is 7.67. The second-order valence-electron chi connectivity index (χ2n) is 8.68. The Labute approximate surface area is 167 Å². The van der Waals surface area contributed by atoms with E-state index in [-0.39, 0.29) is 5.41 Å². The molecule has 2 saturated heterocycles. The number of morpholine rings is 1. The molecule has 6 nitrogen and oxygen atoms in total. The van der Waals surface area contributed by atoms with E-state index in [1.165, 1.54) is 24.8 Å². The van der Waals surface area contributed by atoms with Crippen molar-refractivity contribution >= 4 is 0 Å². The minimum atomic E-state index is 0.100. The topological polar surface area (TPSA) is 61.0 Å². The Hall–Kier alpha value is -1.34. The van der Waals surface area contributed by atoms with Crippen LogP contribution in [0.15, 0.2) is 18.2 Å². The van der Waals surface area contributed by atoms with Gasteiger partial charge in [-0.05, 0) is 49.3 Å². The molecule has 0 amide bonds. The van der Waals surface area contributed by atoms with E-state index < -0.39 is 0 Å². The van der Waals surface area contributed by atoms with Gasteiger partial charge in [0, 0.05) is 43.8 Å². The van der Waals surface area contributed by atoms with E-state index in [2.05, 4.69) is 28.8 Å². The molecular weight excluding hydrogens is 356 g/mol. The number of hydrogen-bond donors (Lipinski definition) is 2. The third-order valence-corrected chi connectivity index (χ3v) is 7.17. The summed E-state index contributed by atoms with van der Waals surface area (Å²) in [7, 11) is 0. The van der Waals surface area contributed by atoms with Crippen molar-refractivity contribution in [2.75, 3.05) is 46.3 Å². The highest BCUT2D eigenvalue weighted by Gasteiger charge is 2.39. The number of hydrogen-bond acceptors (Lipinski definition) is 6. The minimum Gasteiger partial charge on any atom is -0.454 e. The normalized spacial score (nSPS) is 31.8. The highest BCUT2D eigenvalue weighted by atomic mass is 16.7. The van der Waals surface area contributed by atoms with Crippen LogP contribution in [0.25, 0.3) is 0 Å². The fourth-order valence-electron chi connectivity index (χ4n) is 5.47. The molecule has 3 atom stereocenters. The summed E-state index contributed by atoms with van der Waals surface area (Å²) in [6.45, 7) is 5.63. The number of benzene rings is 1. The highest BCUT2D eigenvalue weighted by Crippen LogP contribution is 2.41. The Morgan fingerprint density at radius 3 is 2.79 bits per heavy atom. The molecule has 3 heterocycles. The van der Waals surface area contributed by atoms with Crippen LogP contribution in [0.3, 0.4) is 0 Å². The Bertz CT molecular complexity index is 671. The van der Waals surface area contributed by atoms with Crippen LogP contribution in [-0.4, -0.2) is 58.4 Å². The van der Waals surface area contributed by atoms with Crippen molar-refractivity contribution in [1.29, 1.82) is 0 Å². The van der Waals surface area contributed by atoms with Gasteiger partial charge in [0.25, 0.3) is 0 Å². The predicted molar refractivity (Wildman–Crippen MR) is 106 cm³/mol. The zero-order valence-electron chi connectivity index (χ0n) is 16.6. The van der Waals surface area contributed by atoms with Crippen molar-refractivity contribution < 1.29 is 18.9 Å². The molecule has 1 saturated carbocycles. The molecule has 3 unspecified atom stereocenters. The van der Waals surface area contributed by atoms with Gasteiger partial charge >= 0.3 is 0 Å². The third kappa shape index (κ3) is 3.63. The molecule has 4 aliphatic rings. The molecular formula is C22H32N2O4. The van der Waals surface area contributed by atoms with Gasteiger partial charge in [0.1, 0.15) is 0 Å². The van der Waals surface area contributed by atoms with Gasteiger partial charge in [-0.15, -0.1) is 0 Å². The fraction of sp³-hybridized carbons (Fsp3) is 0.727. The van der Waals surface area contributed by atoms with Crippen molar-refractivity contribution in [3.63, 3.8) is 0 Å². The van der Waals surface area contributed by atoms with Gasteiger partial charge in [0.05, 0.1) is 13.2 Å². The maximum Gasteiger partial charge on any atom is 0.231 e. The summed E-state index contributed by atoms with van der Waals surface area (Å²) in [5.74, 6) is 2.40. The molecule has 1 aromatic rings. The first-order chi connectivity index (χ1) is 13.8. The number of rotatable bonds is 5. The van der Waals surface area contributed by atoms with Gasteiger partial charge in [0.15, 0.2) is 11.5 Å². The molecule has 3 fully saturated rings. The van der Waals surface area contributed by atoms with Crippen molar-refractivity contribution in [2.45, 2.75) is 49.6 Å². The molecule has 1 aliphatic carbocycles. The SMILES string of the molecule is c1cc2c(cc1C1(CNC3CCCC3C3COCCN3)CCOCC1)OCO2. The summed E-state index contributed by atoms with van der Waals surface area (Å²) >= 11 is 0. The van der Waals surface area contributed by atoms with Crippen LogP contribution < -0.4 is 20.1 Å². The Balaban J connectivity index is 1.31. The Morgan fingerprint density at radius 1 is 1.04 bits per heavy atom. The van der Waals surface area contributed by atoms with Crippen LogP contribution in [0.2, 0.25) is 0 Å². The molecule has 5 rings (SSSR count). The van der Waals surface area contributed by atoms with Crippen LogP contribution in [0.4, 0.5) is 0 Å². The molecule has 0 radical (unpaired) electrons. The van der Waals surface area contributed by atoms with E-state index in [4.69, 9.17) is 18.9 Å². The minimum absolute atomic E-state index is 0.100. The lowest BCUT2D eigenvalue weighted by Gasteiger charge is -2.40. The van der Waals surface area contributed by atoms with Crippen LogP contribution in [-0.2, 0) is 14.9 Å². The van der Waals surface area contributed by atoms with E-state index in [0.717, 1.165) is 63.9 Å². The first-order valence-electron chi connectivity index (χ1n) is 10.9. The van der Waals surface area contributed by atoms with Crippen molar-refractivity contribution in [2.24, 2.45) is 5.92 Å². The lowest BCUT2D eigenvalue weighted by molar-refractivity contribution is 0.0418. The summed E-state index contributed by atoms with van der Waals surface area (Å²) in [6.07, 6.45) is 5.94. The van der Waals surface area contributed by atoms with Gasteiger partial charge in [0.2, 0.25) is 6.79 Å². The highest BCUT2D eigenvalue weighted by molar-refractivity contribution is 5.47. The first kappa shape index (κ1) is 18.7. The molecule has 1 aromatic carbocycles. The van der Waals surface area contributed by atoms with E-state index in [0.29, 0.717) is 24.8 Å². The van der Waals surface area contributed by atoms with E-state index in [1.54, 1.807) is 0 Å². The maximum absolute atomic E-state index is 5.74. The quantitative estimate of drug-likeness (QED) is 0.807. The van der Waals surface area contributed by atoms with Gasteiger partial charge in [-0.1, -0.05) is 12.5 Å². The van der Waals surface area contributed by atoms with Crippen molar-refractivity contribution in [3.8, 4) is 11.5 Å². The molecule has 154 valence electrons. The first-order valence-corrected chi connectivity index (χ1v) is 10.9. The fourth-order valence-corrected chi connectivity index (χ4v) is 5.47. The lowest BCUT2D eigenvalue weighted by atomic mass is 9.73. The number of ether oxygens (including phenoxy) is 4. The summed E-state index contributed by atoms with van der Waals surface area (Å²) in [4.78, 5) is 0. The molecule has 28 heavy (non-hydrogen) atoms. The Morgan fingerprint density at radius 2 is 1.93 bits per heavy atom. The van der Waals surface area contributed by atoms with Gasteiger partial charge in [-0.3, -0.25) is 0 Å². The second-order valence-corrected chi connectivity index (χ2v) is 8.68. The largest absolute Gasteiger partial charge is 0.454 e. The molecule has 2 N–H and O–H groups in total. The maximum atomic E-state index is 5.74. The van der Waals surface area contributed by atoms with Crippen LogP contribution in [0, 0.1) is 5.92 Å². The molecule has 3 aliphatic heterocycles. The third-order valence-electron chi connectivity index (χ3n) is 7.17. The van der Waals surface area contributed by atoms with E-state index in [1.807, 2.05) is 0 Å². The molecule has 0 spiro atoms. The van der Waals surface area contributed by atoms with E-state index >= 15 is 0 Å². The average Bonchev–Trinajstić information content (AvgIpc) is 3.42. The zero-order chi connectivity index (χ0) is 18.8. The van der Waals surface area contributed by atoms with E-state index in [9.17, 15) is 0 Å². The van der Waals surface area contributed by atoms with Crippen molar-refractivity contribution in [3.05, 3.63) is 23.8 Å². The molecule has 0 bridgehead atoms. The summed E-state index contributed by atoms with van der Waals surface area (Å²) in [5.41, 5.74) is 1.45. The summed E-state index contributed by atoms with van der Waals surface area (Å²) in [6, 6.07) is 7.54. The van der Waals surface area contributed by atoms with Gasteiger partial charge in [-0.2, -0.15) is 0 Å². The monoisotopic (exact) mass is 388 g/mol. The predicted octanol–water partition coefficient (Wildman–Crippen LogP) is 2.21. The zero-order valence-corrected chi connectivity index (χ0v) is 16.6. The van der Waals surface area contributed by atoms with Gasteiger partial charge < -0.3 is 29.6 Å². The molecule has 0 aromatic heterocycles. The second kappa shape index (κ2) is 8.19. The number of nitrogens with one attached hydrogen (secondary N) is 2.